The fraction of sp³-hybridized carbons (Fsp3) is 0.182. The molecule has 0 aliphatic rings. The lowest BCUT2D eigenvalue weighted by Crippen LogP contribution is -2.28. The van der Waals surface area contributed by atoms with Crippen LogP contribution in [-0.4, -0.2) is 32.7 Å². The van der Waals surface area contributed by atoms with Gasteiger partial charge in [-0.05, 0) is 68.3 Å². The standard InChI is InChI=1S/C22H22ClFN6O/c1-4-26-22(31)28-18-11-15(7-8-27-18)20-19(14-5-6-16(24)12(2)9-14)29-21(30-20)13(3)10-17(23)25/h5-11,25H,4H2,1-3H3,(H,29,30)(H2,26,27,28,31)/b13-10-,25-17?. The van der Waals surface area contributed by atoms with E-state index >= 15 is 0 Å². The maximum absolute atomic E-state index is 13.8. The highest BCUT2D eigenvalue weighted by atomic mass is 35.5. The van der Waals surface area contributed by atoms with Gasteiger partial charge in [-0.2, -0.15) is 0 Å². The molecular formula is C22H22ClFN6O. The molecule has 0 atom stereocenters. The van der Waals surface area contributed by atoms with Gasteiger partial charge in [-0.25, -0.2) is 19.2 Å². The molecule has 3 aromatic rings. The van der Waals surface area contributed by atoms with Gasteiger partial charge < -0.3 is 10.3 Å². The molecule has 0 aliphatic carbocycles. The molecule has 3 rings (SSSR count). The molecule has 0 saturated carbocycles. The number of aromatic nitrogens is 3. The molecule has 2 aromatic heterocycles. The van der Waals surface area contributed by atoms with Gasteiger partial charge in [-0.15, -0.1) is 0 Å². The second-order valence-corrected chi connectivity index (χ2v) is 7.27. The minimum atomic E-state index is -0.355. The molecule has 7 nitrogen and oxygen atoms in total. The van der Waals surface area contributed by atoms with Gasteiger partial charge in [0.15, 0.2) is 0 Å². The van der Waals surface area contributed by atoms with Crippen LogP contribution in [0.25, 0.3) is 28.1 Å². The van der Waals surface area contributed by atoms with E-state index in [0.29, 0.717) is 40.7 Å². The van der Waals surface area contributed by atoms with Crippen molar-refractivity contribution in [2.24, 2.45) is 0 Å². The lowest BCUT2D eigenvalue weighted by atomic mass is 10.0. The molecule has 0 unspecified atom stereocenters. The smallest absolute Gasteiger partial charge is 0.320 e. The number of carbonyl (C=O) groups excluding carboxylic acids is 1. The number of anilines is 1. The average molecular weight is 441 g/mol. The van der Waals surface area contributed by atoms with Crippen LogP contribution in [0.4, 0.5) is 15.0 Å². The summed E-state index contributed by atoms with van der Waals surface area (Å²) in [7, 11) is 0. The van der Waals surface area contributed by atoms with Crippen LogP contribution in [-0.2, 0) is 0 Å². The number of halogens is 2. The third kappa shape index (κ3) is 5.35. The summed E-state index contributed by atoms with van der Waals surface area (Å²) < 4.78 is 13.8. The summed E-state index contributed by atoms with van der Waals surface area (Å²) in [5.41, 5.74) is 3.88. The first-order chi connectivity index (χ1) is 14.8. The van der Waals surface area contributed by atoms with Crippen molar-refractivity contribution in [3.05, 3.63) is 59.8 Å². The summed E-state index contributed by atoms with van der Waals surface area (Å²) in [6, 6.07) is 7.91. The molecule has 2 heterocycles. The first-order valence-electron chi connectivity index (χ1n) is 9.59. The number of hydrogen-bond donors (Lipinski definition) is 4. The minimum absolute atomic E-state index is 0.119. The van der Waals surface area contributed by atoms with E-state index in [-0.39, 0.29) is 17.0 Å². The van der Waals surface area contributed by atoms with Crippen LogP contribution in [0.3, 0.4) is 0 Å². The highest BCUT2D eigenvalue weighted by Crippen LogP contribution is 2.33. The number of hydrogen-bond acceptors (Lipinski definition) is 4. The van der Waals surface area contributed by atoms with Crippen LogP contribution in [0.2, 0.25) is 0 Å². The van der Waals surface area contributed by atoms with Crippen molar-refractivity contribution in [3.63, 3.8) is 0 Å². The van der Waals surface area contributed by atoms with Crippen molar-refractivity contribution in [3.8, 4) is 22.5 Å². The first kappa shape index (κ1) is 22.2. The number of urea groups is 1. The van der Waals surface area contributed by atoms with E-state index in [1.165, 1.54) is 12.1 Å². The lowest BCUT2D eigenvalue weighted by molar-refractivity contribution is 0.252. The van der Waals surface area contributed by atoms with Crippen molar-refractivity contribution in [1.29, 1.82) is 5.41 Å². The molecule has 9 heteroatoms. The number of rotatable bonds is 6. The SMILES string of the molecule is CCNC(=O)Nc1cc(-c2[nH]c(/C(C)=C\C(=N)Cl)nc2-c2ccc(F)c(C)c2)ccn1. The van der Waals surface area contributed by atoms with Gasteiger partial charge in [0.1, 0.15) is 22.6 Å². The van der Waals surface area contributed by atoms with Crippen molar-refractivity contribution in [1.82, 2.24) is 20.3 Å². The van der Waals surface area contributed by atoms with Crippen molar-refractivity contribution in [2.45, 2.75) is 20.8 Å². The molecule has 0 aliphatic heterocycles. The fourth-order valence-corrected chi connectivity index (χ4v) is 3.17. The predicted octanol–water partition coefficient (Wildman–Crippen LogP) is 5.35. The maximum atomic E-state index is 13.8. The Hall–Kier alpha value is -3.52. The molecule has 0 radical (unpaired) electrons. The van der Waals surface area contributed by atoms with Crippen molar-refractivity contribution >= 4 is 34.2 Å². The van der Waals surface area contributed by atoms with Crippen molar-refractivity contribution in [2.75, 3.05) is 11.9 Å². The number of aryl methyl sites for hydroxylation is 1. The molecule has 0 fully saturated rings. The lowest BCUT2D eigenvalue weighted by Gasteiger charge is -2.08. The molecule has 160 valence electrons. The Balaban J connectivity index is 2.12. The van der Waals surface area contributed by atoms with E-state index in [2.05, 4.69) is 25.6 Å². The fourth-order valence-electron chi connectivity index (χ4n) is 3.00. The monoisotopic (exact) mass is 440 g/mol. The number of H-pyrrole nitrogens is 1. The van der Waals surface area contributed by atoms with E-state index in [1.54, 1.807) is 44.3 Å². The minimum Gasteiger partial charge on any atom is -0.338 e. The third-order valence-corrected chi connectivity index (χ3v) is 4.59. The number of amides is 2. The zero-order valence-corrected chi connectivity index (χ0v) is 18.1. The normalized spacial score (nSPS) is 11.3. The second-order valence-electron chi connectivity index (χ2n) is 6.86. The van der Waals surface area contributed by atoms with Crippen molar-refractivity contribution < 1.29 is 9.18 Å². The number of nitrogens with one attached hydrogen (secondary N) is 4. The Morgan fingerprint density at radius 1 is 1.29 bits per heavy atom. The molecule has 0 bridgehead atoms. The summed E-state index contributed by atoms with van der Waals surface area (Å²) in [5, 5.41) is 12.7. The molecule has 1 aromatic carbocycles. The van der Waals surface area contributed by atoms with Crippen LogP contribution in [0.1, 0.15) is 25.2 Å². The van der Waals surface area contributed by atoms with Gasteiger partial charge >= 0.3 is 6.03 Å². The number of imidazole rings is 1. The van der Waals surface area contributed by atoms with Crippen LogP contribution in [0, 0.1) is 18.2 Å². The van der Waals surface area contributed by atoms with E-state index in [4.69, 9.17) is 17.0 Å². The quantitative estimate of drug-likeness (QED) is 0.388. The predicted molar refractivity (Wildman–Crippen MR) is 122 cm³/mol. The number of aromatic amines is 1. The van der Waals surface area contributed by atoms with Gasteiger partial charge in [0, 0.05) is 23.9 Å². The van der Waals surface area contributed by atoms with Crippen LogP contribution in [0.5, 0.6) is 0 Å². The van der Waals surface area contributed by atoms with E-state index in [0.717, 1.165) is 11.1 Å². The number of benzene rings is 1. The van der Waals surface area contributed by atoms with Gasteiger partial charge in [0.05, 0.1) is 11.4 Å². The summed E-state index contributed by atoms with van der Waals surface area (Å²) in [4.78, 5) is 24.0. The third-order valence-electron chi connectivity index (χ3n) is 4.48. The number of nitrogens with zero attached hydrogens (tertiary/aromatic N) is 2. The number of pyridine rings is 1. The summed E-state index contributed by atoms with van der Waals surface area (Å²) in [5.74, 6) is 0.591. The Morgan fingerprint density at radius 2 is 2.06 bits per heavy atom. The summed E-state index contributed by atoms with van der Waals surface area (Å²) in [6.07, 6.45) is 3.06. The van der Waals surface area contributed by atoms with Crippen LogP contribution >= 0.6 is 11.6 Å². The zero-order valence-electron chi connectivity index (χ0n) is 17.3. The van der Waals surface area contributed by atoms with E-state index in [9.17, 15) is 9.18 Å². The molecule has 31 heavy (non-hydrogen) atoms. The van der Waals surface area contributed by atoms with Crippen LogP contribution in [0.15, 0.2) is 42.6 Å². The molecule has 0 saturated heterocycles. The Morgan fingerprint density at radius 3 is 2.74 bits per heavy atom. The van der Waals surface area contributed by atoms with Crippen LogP contribution < -0.4 is 10.6 Å². The van der Waals surface area contributed by atoms with E-state index < -0.39 is 0 Å². The zero-order chi connectivity index (χ0) is 22.5. The Labute approximate surface area is 184 Å². The van der Waals surface area contributed by atoms with Gasteiger partial charge in [-0.3, -0.25) is 10.7 Å². The Bertz CT molecular complexity index is 1170. The molecular weight excluding hydrogens is 419 g/mol. The van der Waals surface area contributed by atoms with Gasteiger partial charge in [0.25, 0.3) is 0 Å². The second kappa shape index (κ2) is 9.53. The summed E-state index contributed by atoms with van der Waals surface area (Å²) >= 11 is 5.71. The molecule has 2 amide bonds. The Kier molecular flexibility index (Phi) is 6.81. The topological polar surface area (TPSA) is 107 Å². The largest absolute Gasteiger partial charge is 0.338 e. The first-order valence-corrected chi connectivity index (χ1v) is 9.96. The molecule has 4 N–H and O–H groups in total. The van der Waals surface area contributed by atoms with Gasteiger partial charge in [-0.1, -0.05) is 11.6 Å². The van der Waals surface area contributed by atoms with E-state index in [1.807, 2.05) is 6.92 Å². The number of allylic oxidation sites excluding steroid dienone is 2. The maximum Gasteiger partial charge on any atom is 0.320 e. The highest BCUT2D eigenvalue weighted by molar-refractivity contribution is 6.68. The molecule has 0 spiro atoms. The summed E-state index contributed by atoms with van der Waals surface area (Å²) in [6.45, 7) is 5.79. The van der Waals surface area contributed by atoms with Gasteiger partial charge in [0.2, 0.25) is 0 Å². The highest BCUT2D eigenvalue weighted by Gasteiger charge is 2.17. The average Bonchev–Trinajstić information content (AvgIpc) is 3.15. The number of carbonyl (C=O) groups is 1.